The van der Waals surface area contributed by atoms with E-state index in [0.717, 1.165) is 0 Å². The van der Waals surface area contributed by atoms with Crippen molar-refractivity contribution < 1.29 is 40.7 Å². The number of halogens is 8. The Kier molecular flexibility index (Phi) is 13.0. The minimum Gasteiger partial charge on any atom is -0.444 e. The number of fused-ring (bicyclic) bond motifs is 1. The third-order valence-corrected chi connectivity index (χ3v) is 8.21. The molecule has 0 radical (unpaired) electrons. The van der Waals surface area contributed by atoms with E-state index in [1.807, 2.05) is 13.8 Å². The first-order valence-electron chi connectivity index (χ1n) is 15.6. The molecule has 1 saturated heterocycles. The molecular weight excluding hydrogens is 701 g/mol. The number of aromatic nitrogens is 2. The van der Waals surface area contributed by atoms with Gasteiger partial charge in [0, 0.05) is 33.2 Å². The molecule has 9 nitrogen and oxygen atoms in total. The van der Waals surface area contributed by atoms with Gasteiger partial charge in [-0.2, -0.15) is 26.3 Å². The third kappa shape index (κ3) is 10.7. The number of amides is 2. The molecule has 1 aliphatic rings. The molecule has 2 amide bonds. The SMILES string of the molecule is CC.Cn1c(Nc2c(Cl)ccc(CNC(=O)OC(C)(C)C)c2Cl)nc2cc(C(=O)NCCC(F)(F)F)c(N3CCC(C(F)(F)F)CC3)cc21. The van der Waals surface area contributed by atoms with Crippen LogP contribution in [0.5, 0.6) is 0 Å². The fourth-order valence-electron chi connectivity index (χ4n) is 5.08. The first-order chi connectivity index (χ1) is 22.7. The molecule has 0 atom stereocenters. The fraction of sp³-hybridized carbons (Fsp3) is 0.531. The predicted molar refractivity (Wildman–Crippen MR) is 179 cm³/mol. The number of hydrogen-bond acceptors (Lipinski definition) is 6. The zero-order valence-corrected chi connectivity index (χ0v) is 29.4. The monoisotopic (exact) mass is 740 g/mol. The van der Waals surface area contributed by atoms with Crippen molar-refractivity contribution in [3.05, 3.63) is 45.4 Å². The lowest BCUT2D eigenvalue weighted by atomic mass is 9.95. The molecule has 49 heavy (non-hydrogen) atoms. The maximum atomic E-state index is 13.3. The standard InChI is InChI=1S/C30H34Cl2F6N6O3.C2H6/c1-28(2,3)47-27(46)40-15-16-5-6-19(31)24(23(16)32)42-26-41-20-13-18(25(45)39-10-9-29(33,34)35)21(14-22(20)43(26)4)44-11-7-17(8-12-44)30(36,37)38;1-2/h5-6,13-14,17H,7-12,15H2,1-4H3,(H,39,45)(H,40,46)(H,41,42);1-2H3. The summed E-state index contributed by atoms with van der Waals surface area (Å²) >= 11 is 13.1. The second kappa shape index (κ2) is 16.0. The number of alkyl carbamates (subject to hydrolysis) is 1. The smallest absolute Gasteiger partial charge is 0.407 e. The highest BCUT2D eigenvalue weighted by molar-refractivity contribution is 6.39. The lowest BCUT2D eigenvalue weighted by Crippen LogP contribution is -2.40. The van der Waals surface area contributed by atoms with Gasteiger partial charge in [-0.15, -0.1) is 0 Å². The van der Waals surface area contributed by atoms with Crippen molar-refractivity contribution in [1.82, 2.24) is 20.2 Å². The summed E-state index contributed by atoms with van der Waals surface area (Å²) in [4.78, 5) is 31.5. The van der Waals surface area contributed by atoms with Gasteiger partial charge in [0.25, 0.3) is 5.91 Å². The van der Waals surface area contributed by atoms with Crippen LogP contribution in [0.15, 0.2) is 24.3 Å². The van der Waals surface area contributed by atoms with Crippen molar-refractivity contribution in [2.75, 3.05) is 29.9 Å². The van der Waals surface area contributed by atoms with Gasteiger partial charge in [0.05, 0.1) is 50.4 Å². The van der Waals surface area contributed by atoms with Crippen LogP contribution in [0.4, 0.5) is 48.5 Å². The number of benzene rings is 2. The summed E-state index contributed by atoms with van der Waals surface area (Å²) < 4.78 is 85.1. The summed E-state index contributed by atoms with van der Waals surface area (Å²) in [5, 5.41) is 8.35. The number of carbonyl (C=O) groups is 2. The molecule has 1 fully saturated rings. The van der Waals surface area contributed by atoms with Crippen molar-refractivity contribution in [1.29, 1.82) is 0 Å². The molecule has 1 aromatic heterocycles. The van der Waals surface area contributed by atoms with Gasteiger partial charge in [0.1, 0.15) is 5.60 Å². The van der Waals surface area contributed by atoms with Crippen molar-refractivity contribution in [3.8, 4) is 0 Å². The van der Waals surface area contributed by atoms with Crippen molar-refractivity contribution >= 4 is 63.6 Å². The first kappa shape index (κ1) is 39.8. The Balaban J connectivity index is 0.00000319. The highest BCUT2D eigenvalue weighted by atomic mass is 35.5. The minimum absolute atomic E-state index is 0.0171. The number of aryl methyl sites for hydroxylation is 1. The fourth-order valence-corrected chi connectivity index (χ4v) is 5.62. The van der Waals surface area contributed by atoms with Gasteiger partial charge in [0.15, 0.2) is 0 Å². The summed E-state index contributed by atoms with van der Waals surface area (Å²) in [5.74, 6) is -2.10. The molecule has 3 N–H and O–H groups in total. The Bertz CT molecular complexity index is 1630. The van der Waals surface area contributed by atoms with Crippen LogP contribution in [-0.4, -0.2) is 59.1 Å². The normalized spacial score (nSPS) is 14.3. The first-order valence-corrected chi connectivity index (χ1v) is 16.4. The topological polar surface area (TPSA) is 101 Å². The molecule has 0 spiro atoms. The lowest BCUT2D eigenvalue weighted by molar-refractivity contribution is -0.179. The van der Waals surface area contributed by atoms with E-state index in [1.54, 1.807) is 55.5 Å². The molecular formula is C32H40Cl2F6N6O3. The second-order valence-electron chi connectivity index (χ2n) is 12.2. The molecule has 272 valence electrons. The number of nitrogens with one attached hydrogen (secondary N) is 3. The van der Waals surface area contributed by atoms with E-state index in [4.69, 9.17) is 27.9 Å². The van der Waals surface area contributed by atoms with E-state index in [9.17, 15) is 35.9 Å². The molecule has 2 heterocycles. The Labute approximate surface area is 290 Å². The zero-order chi connectivity index (χ0) is 36.9. The van der Waals surface area contributed by atoms with Gasteiger partial charge < -0.3 is 30.2 Å². The highest BCUT2D eigenvalue weighted by Crippen LogP contribution is 2.39. The Morgan fingerprint density at radius 2 is 1.63 bits per heavy atom. The molecule has 17 heteroatoms. The molecule has 0 bridgehead atoms. The minimum atomic E-state index is -4.49. The number of carbonyl (C=O) groups excluding carboxylic acids is 2. The van der Waals surface area contributed by atoms with Gasteiger partial charge in [-0.25, -0.2) is 9.78 Å². The van der Waals surface area contributed by atoms with Gasteiger partial charge in [0.2, 0.25) is 5.95 Å². The predicted octanol–water partition coefficient (Wildman–Crippen LogP) is 9.14. The lowest BCUT2D eigenvalue weighted by Gasteiger charge is -2.35. The number of rotatable bonds is 8. The van der Waals surface area contributed by atoms with Crippen LogP contribution in [0.1, 0.15) is 69.8 Å². The summed E-state index contributed by atoms with van der Waals surface area (Å²) in [6, 6.07) is 6.15. The third-order valence-electron chi connectivity index (χ3n) is 7.47. The zero-order valence-electron chi connectivity index (χ0n) is 27.9. The van der Waals surface area contributed by atoms with E-state index >= 15 is 0 Å². The molecule has 1 aliphatic heterocycles. The van der Waals surface area contributed by atoms with Crippen LogP contribution in [0.2, 0.25) is 10.0 Å². The van der Waals surface area contributed by atoms with Crippen LogP contribution in [0.3, 0.4) is 0 Å². The van der Waals surface area contributed by atoms with Crippen molar-refractivity contribution in [3.63, 3.8) is 0 Å². The molecule has 2 aromatic carbocycles. The van der Waals surface area contributed by atoms with E-state index in [0.29, 0.717) is 11.1 Å². The maximum absolute atomic E-state index is 13.3. The average molecular weight is 742 g/mol. The van der Waals surface area contributed by atoms with Crippen LogP contribution >= 0.6 is 23.2 Å². The molecule has 0 saturated carbocycles. The van der Waals surface area contributed by atoms with Crippen LogP contribution in [0, 0.1) is 5.92 Å². The van der Waals surface area contributed by atoms with E-state index in [1.165, 1.54) is 6.07 Å². The summed E-state index contributed by atoms with van der Waals surface area (Å²) in [5.41, 5.74) is 1.05. The molecule has 3 aromatic rings. The molecule has 0 unspecified atom stereocenters. The number of anilines is 3. The second-order valence-corrected chi connectivity index (χ2v) is 12.9. The maximum Gasteiger partial charge on any atom is 0.407 e. The van der Waals surface area contributed by atoms with E-state index in [2.05, 4.69) is 20.9 Å². The molecule has 4 rings (SSSR count). The van der Waals surface area contributed by atoms with Crippen LogP contribution < -0.4 is 20.9 Å². The van der Waals surface area contributed by atoms with Crippen LogP contribution in [-0.2, 0) is 18.3 Å². The van der Waals surface area contributed by atoms with Crippen LogP contribution in [0.25, 0.3) is 11.0 Å². The number of ether oxygens (including phenoxy) is 1. The molecule has 0 aliphatic carbocycles. The van der Waals surface area contributed by atoms with Crippen molar-refractivity contribution in [2.24, 2.45) is 13.0 Å². The number of nitrogens with zero attached hydrogens (tertiary/aromatic N) is 3. The van der Waals surface area contributed by atoms with E-state index < -0.39 is 48.8 Å². The summed E-state index contributed by atoms with van der Waals surface area (Å²) in [6.45, 7) is 8.48. The van der Waals surface area contributed by atoms with Gasteiger partial charge >= 0.3 is 18.4 Å². The highest BCUT2D eigenvalue weighted by Gasteiger charge is 2.41. The number of imidazole rings is 1. The number of hydrogen-bond donors (Lipinski definition) is 3. The Morgan fingerprint density at radius 3 is 2.20 bits per heavy atom. The number of piperidine rings is 1. The summed E-state index contributed by atoms with van der Waals surface area (Å²) in [6.07, 6.45) is -11.2. The van der Waals surface area contributed by atoms with Gasteiger partial charge in [-0.05, 0) is 57.4 Å². The largest absolute Gasteiger partial charge is 0.444 e. The average Bonchev–Trinajstić information content (AvgIpc) is 3.31. The van der Waals surface area contributed by atoms with Crippen molar-refractivity contribution in [2.45, 2.75) is 78.4 Å². The van der Waals surface area contributed by atoms with E-state index in [-0.39, 0.29) is 70.9 Å². The number of alkyl halides is 6. The Morgan fingerprint density at radius 1 is 1.00 bits per heavy atom. The van der Waals surface area contributed by atoms with Gasteiger partial charge in [-0.1, -0.05) is 43.1 Å². The summed E-state index contributed by atoms with van der Waals surface area (Å²) in [7, 11) is 1.65. The Hall–Kier alpha value is -3.59. The van der Waals surface area contributed by atoms with Gasteiger partial charge in [-0.3, -0.25) is 4.79 Å². The quantitative estimate of drug-likeness (QED) is 0.199.